The average Bonchev–Trinajstić information content (AvgIpc) is 2.37. The fraction of sp³-hybridized carbons (Fsp3) is 0.308. The van der Waals surface area contributed by atoms with Crippen LogP contribution >= 0.6 is 0 Å². The Kier molecular flexibility index (Phi) is 3.00. The van der Waals surface area contributed by atoms with Gasteiger partial charge in [0.05, 0.1) is 0 Å². The number of hydrogen-bond acceptors (Lipinski definition) is 4. The van der Waals surface area contributed by atoms with E-state index in [1.165, 1.54) is 6.92 Å². The van der Waals surface area contributed by atoms with E-state index in [9.17, 15) is 14.4 Å². The predicted molar refractivity (Wildman–Crippen MR) is 64.1 cm³/mol. The Morgan fingerprint density at radius 1 is 1.28 bits per heavy atom. The second kappa shape index (κ2) is 4.34. The molecule has 1 fully saturated rings. The first kappa shape index (κ1) is 12.4. The molecular weight excluding hydrogens is 232 g/mol. The molecule has 1 heterocycles. The lowest BCUT2D eigenvalue weighted by molar-refractivity contribution is -0.156. The molecule has 0 radical (unpaired) electrons. The van der Waals surface area contributed by atoms with E-state index in [1.807, 2.05) is 0 Å². The molecule has 18 heavy (non-hydrogen) atoms. The summed E-state index contributed by atoms with van der Waals surface area (Å²) in [6.45, 7) is 1.36. The zero-order chi connectivity index (χ0) is 13.3. The molecule has 1 aromatic rings. The van der Waals surface area contributed by atoms with Gasteiger partial charge in [-0.05, 0) is 18.9 Å². The van der Waals surface area contributed by atoms with Gasteiger partial charge in [-0.15, -0.1) is 0 Å². The molecule has 2 amide bonds. The third kappa shape index (κ3) is 1.64. The highest BCUT2D eigenvalue weighted by Gasteiger charge is 2.51. The van der Waals surface area contributed by atoms with Crippen molar-refractivity contribution in [1.29, 1.82) is 0 Å². The molecule has 1 aliphatic rings. The van der Waals surface area contributed by atoms with E-state index in [-0.39, 0.29) is 18.6 Å². The van der Waals surface area contributed by atoms with Gasteiger partial charge in [-0.1, -0.05) is 30.3 Å². The zero-order valence-corrected chi connectivity index (χ0v) is 10.1. The number of piperidine rings is 1. The van der Waals surface area contributed by atoms with Gasteiger partial charge < -0.3 is 0 Å². The maximum absolute atomic E-state index is 12.3. The minimum Gasteiger partial charge on any atom is -0.298 e. The van der Waals surface area contributed by atoms with Gasteiger partial charge in [-0.25, -0.2) is 10.9 Å². The number of rotatable bonds is 2. The van der Waals surface area contributed by atoms with Crippen LogP contribution < -0.4 is 5.84 Å². The Bertz CT molecular complexity index is 512. The number of carbonyl (C=O) groups excluding carboxylic acids is 3. The Labute approximate surface area is 105 Å². The molecule has 0 aromatic heterocycles. The zero-order valence-electron chi connectivity index (χ0n) is 10.1. The standard InChI is InChI=1S/C13H14N2O3/c1-9(16)13(10-5-3-2-4-6-10)8-7-11(17)15(14)12(13)18/h2-6H,7-8,14H2,1H3. The van der Waals surface area contributed by atoms with Crippen molar-refractivity contribution in [3.63, 3.8) is 0 Å². The first-order chi connectivity index (χ1) is 8.50. The summed E-state index contributed by atoms with van der Waals surface area (Å²) in [6, 6.07) is 8.73. The lowest BCUT2D eigenvalue weighted by Gasteiger charge is -2.37. The summed E-state index contributed by atoms with van der Waals surface area (Å²) in [4.78, 5) is 35.6. The second-order valence-electron chi connectivity index (χ2n) is 4.40. The molecule has 1 aliphatic heterocycles. The van der Waals surface area contributed by atoms with Gasteiger partial charge in [0.25, 0.3) is 5.91 Å². The number of benzene rings is 1. The van der Waals surface area contributed by atoms with Gasteiger partial charge in [-0.2, -0.15) is 0 Å². The van der Waals surface area contributed by atoms with Crippen LogP contribution in [0.25, 0.3) is 0 Å². The predicted octanol–water partition coefficient (Wildman–Crippen LogP) is 0.536. The molecule has 1 aromatic carbocycles. The molecule has 5 nitrogen and oxygen atoms in total. The van der Waals surface area contributed by atoms with Gasteiger partial charge in [0.15, 0.2) is 0 Å². The van der Waals surface area contributed by atoms with Crippen molar-refractivity contribution in [2.75, 3.05) is 0 Å². The maximum Gasteiger partial charge on any atom is 0.261 e. The Morgan fingerprint density at radius 3 is 2.44 bits per heavy atom. The third-order valence-corrected chi connectivity index (χ3v) is 3.43. The quantitative estimate of drug-likeness (QED) is 0.357. The molecule has 0 bridgehead atoms. The van der Waals surface area contributed by atoms with Crippen molar-refractivity contribution in [3.8, 4) is 0 Å². The Hall–Kier alpha value is -2.01. The second-order valence-corrected chi connectivity index (χ2v) is 4.40. The van der Waals surface area contributed by atoms with Gasteiger partial charge in [0.1, 0.15) is 11.2 Å². The van der Waals surface area contributed by atoms with Crippen LogP contribution in [0.5, 0.6) is 0 Å². The van der Waals surface area contributed by atoms with Crippen molar-refractivity contribution in [2.24, 2.45) is 5.84 Å². The van der Waals surface area contributed by atoms with Crippen LogP contribution in [0.1, 0.15) is 25.3 Å². The van der Waals surface area contributed by atoms with Gasteiger partial charge in [0.2, 0.25) is 5.91 Å². The number of nitrogens with two attached hydrogens (primary N) is 1. The molecular formula is C13H14N2O3. The number of carbonyl (C=O) groups is 3. The van der Waals surface area contributed by atoms with Gasteiger partial charge in [0, 0.05) is 6.42 Å². The number of amides is 2. The van der Waals surface area contributed by atoms with Crippen molar-refractivity contribution >= 4 is 17.6 Å². The fourth-order valence-corrected chi connectivity index (χ4v) is 2.36. The van der Waals surface area contributed by atoms with Crippen LogP contribution in [0.4, 0.5) is 0 Å². The van der Waals surface area contributed by atoms with E-state index in [2.05, 4.69) is 0 Å². The summed E-state index contributed by atoms with van der Waals surface area (Å²) < 4.78 is 0. The fourth-order valence-electron chi connectivity index (χ4n) is 2.36. The number of nitrogens with zero attached hydrogens (tertiary/aromatic N) is 1. The van der Waals surface area contributed by atoms with E-state index in [0.29, 0.717) is 10.6 Å². The van der Waals surface area contributed by atoms with Crippen LogP contribution in [-0.4, -0.2) is 22.6 Å². The first-order valence-corrected chi connectivity index (χ1v) is 5.69. The molecule has 94 valence electrons. The summed E-state index contributed by atoms with van der Waals surface area (Å²) >= 11 is 0. The smallest absolute Gasteiger partial charge is 0.261 e. The molecule has 5 heteroatoms. The summed E-state index contributed by atoms with van der Waals surface area (Å²) in [5.74, 6) is 4.07. The molecule has 1 unspecified atom stereocenters. The number of hydrogen-bond donors (Lipinski definition) is 1. The van der Waals surface area contributed by atoms with E-state index >= 15 is 0 Å². The van der Waals surface area contributed by atoms with Crippen LogP contribution in [0, 0.1) is 0 Å². The Morgan fingerprint density at radius 2 is 1.89 bits per heavy atom. The number of ketones is 1. The average molecular weight is 246 g/mol. The highest BCUT2D eigenvalue weighted by Crippen LogP contribution is 2.35. The maximum atomic E-state index is 12.3. The number of imide groups is 1. The SMILES string of the molecule is CC(=O)C1(c2ccccc2)CCC(=O)N(N)C1=O. The first-order valence-electron chi connectivity index (χ1n) is 5.69. The van der Waals surface area contributed by atoms with Crippen molar-refractivity contribution in [1.82, 2.24) is 5.01 Å². The number of Topliss-reactive ketones (excluding diaryl/α,β-unsaturated/α-hetero) is 1. The van der Waals surface area contributed by atoms with Gasteiger partial charge >= 0.3 is 0 Å². The highest BCUT2D eigenvalue weighted by atomic mass is 16.2. The summed E-state index contributed by atoms with van der Waals surface area (Å²) in [5, 5.41) is 0.567. The number of hydrazine groups is 1. The molecule has 2 N–H and O–H groups in total. The topological polar surface area (TPSA) is 80.5 Å². The lowest BCUT2D eigenvalue weighted by atomic mass is 9.71. The van der Waals surface area contributed by atoms with Crippen LogP contribution in [0.15, 0.2) is 30.3 Å². The summed E-state index contributed by atoms with van der Waals surface area (Å²) in [5.41, 5.74) is -0.727. The highest BCUT2D eigenvalue weighted by molar-refractivity contribution is 6.16. The normalized spacial score (nSPS) is 24.2. The lowest BCUT2D eigenvalue weighted by Crippen LogP contribution is -2.59. The molecule has 2 rings (SSSR count). The van der Waals surface area contributed by atoms with Crippen LogP contribution in [0.2, 0.25) is 0 Å². The molecule has 1 atom stereocenters. The van der Waals surface area contributed by atoms with Crippen molar-refractivity contribution < 1.29 is 14.4 Å². The monoisotopic (exact) mass is 246 g/mol. The molecule has 0 spiro atoms. The minimum atomic E-state index is -1.32. The van der Waals surface area contributed by atoms with Gasteiger partial charge in [-0.3, -0.25) is 14.4 Å². The summed E-state index contributed by atoms with van der Waals surface area (Å²) in [6.07, 6.45) is 0.272. The van der Waals surface area contributed by atoms with E-state index in [1.54, 1.807) is 30.3 Å². The van der Waals surface area contributed by atoms with Crippen LogP contribution in [-0.2, 0) is 19.8 Å². The van der Waals surface area contributed by atoms with Crippen molar-refractivity contribution in [2.45, 2.75) is 25.2 Å². The Balaban J connectivity index is 2.56. The summed E-state index contributed by atoms with van der Waals surface area (Å²) in [7, 11) is 0. The minimum absolute atomic E-state index is 0.0940. The van der Waals surface area contributed by atoms with Crippen molar-refractivity contribution in [3.05, 3.63) is 35.9 Å². The van der Waals surface area contributed by atoms with E-state index < -0.39 is 17.2 Å². The molecule has 0 aliphatic carbocycles. The molecule has 0 saturated carbocycles. The van der Waals surface area contributed by atoms with Crippen LogP contribution in [0.3, 0.4) is 0 Å². The molecule has 1 saturated heterocycles. The van der Waals surface area contributed by atoms with E-state index in [4.69, 9.17) is 5.84 Å². The largest absolute Gasteiger partial charge is 0.298 e. The third-order valence-electron chi connectivity index (χ3n) is 3.43. The van der Waals surface area contributed by atoms with E-state index in [0.717, 1.165) is 0 Å².